The monoisotopic (exact) mass is 466 g/mol. The molecule has 0 aliphatic rings. The third-order valence-corrected chi connectivity index (χ3v) is 4.40. The third-order valence-electron chi connectivity index (χ3n) is 4.07. The van der Waals surface area contributed by atoms with E-state index in [1.165, 1.54) is 25.4 Å². The molecule has 0 aliphatic heterocycles. The maximum atomic E-state index is 12.9. The van der Waals surface area contributed by atoms with Crippen molar-refractivity contribution in [3.8, 4) is 11.5 Å². The number of nitrogens with one attached hydrogen (secondary N) is 3. The molecular weight excluding hydrogens is 451 g/mol. The van der Waals surface area contributed by atoms with E-state index in [2.05, 4.69) is 20.9 Å². The fourth-order valence-electron chi connectivity index (χ4n) is 2.58. The number of rotatable bonds is 5. The summed E-state index contributed by atoms with van der Waals surface area (Å²) in [6, 6.07) is 11.6. The summed E-state index contributed by atoms with van der Waals surface area (Å²) in [5, 5.41) is 6.83. The predicted molar refractivity (Wildman–Crippen MR) is 113 cm³/mol. The molecule has 1 aromatic heterocycles. The SMILES string of the molecule is CN[14C](=O)c1cc(Oc2ccc(NC(=O)Nc3ccc(Cl)c(C(F)(F)F)c3)cc2)ccn1. The standard InChI is InChI=1S/C21H16ClF3N4O3/c1-26-19(30)18-11-15(8-9-27-18)32-14-5-2-12(3-6-14)28-20(31)29-13-4-7-17(22)16(10-13)21(23,24)25/h2-11H,1H3,(H,26,30)(H2,28,29,31)/i19+2. The van der Waals surface area contributed by atoms with Gasteiger partial charge in [0.05, 0.1) is 10.6 Å². The number of ether oxygens (including phenoxy) is 1. The van der Waals surface area contributed by atoms with Gasteiger partial charge in [-0.25, -0.2) is 4.79 Å². The van der Waals surface area contributed by atoms with Crippen molar-refractivity contribution in [2.45, 2.75) is 6.18 Å². The van der Waals surface area contributed by atoms with Crippen LogP contribution in [0.3, 0.4) is 0 Å². The van der Waals surface area contributed by atoms with Gasteiger partial charge in [-0.1, -0.05) is 11.6 Å². The smallest absolute Gasteiger partial charge is 0.417 e. The molecule has 0 saturated carbocycles. The molecule has 0 radical (unpaired) electrons. The number of benzene rings is 2. The molecule has 7 nitrogen and oxygen atoms in total. The minimum atomic E-state index is -4.64. The van der Waals surface area contributed by atoms with E-state index < -0.39 is 22.8 Å². The first-order valence-electron chi connectivity index (χ1n) is 9.06. The Morgan fingerprint density at radius 1 is 1.00 bits per heavy atom. The number of anilines is 2. The van der Waals surface area contributed by atoms with Crippen LogP contribution in [0.25, 0.3) is 0 Å². The van der Waals surface area contributed by atoms with Gasteiger partial charge >= 0.3 is 12.2 Å². The van der Waals surface area contributed by atoms with Gasteiger partial charge in [-0.15, -0.1) is 0 Å². The molecule has 0 saturated heterocycles. The fourth-order valence-corrected chi connectivity index (χ4v) is 2.81. The van der Waals surface area contributed by atoms with Crippen LogP contribution in [0.5, 0.6) is 11.5 Å². The molecule has 0 aliphatic carbocycles. The number of carbonyl (C=O) groups is 2. The van der Waals surface area contributed by atoms with Gasteiger partial charge in [0.1, 0.15) is 17.2 Å². The van der Waals surface area contributed by atoms with E-state index in [4.69, 9.17) is 16.3 Å². The highest BCUT2D eigenvalue weighted by molar-refractivity contribution is 6.31. The zero-order valence-electron chi connectivity index (χ0n) is 16.5. The molecule has 2 aromatic carbocycles. The van der Waals surface area contributed by atoms with Crippen molar-refractivity contribution in [1.29, 1.82) is 0 Å². The molecule has 3 amide bonds. The molecule has 1 heterocycles. The molecule has 32 heavy (non-hydrogen) atoms. The molecule has 3 rings (SSSR count). The van der Waals surface area contributed by atoms with E-state index in [1.54, 1.807) is 30.3 Å². The first-order chi connectivity index (χ1) is 15.2. The second-order valence-corrected chi connectivity index (χ2v) is 6.76. The molecule has 0 spiro atoms. The van der Waals surface area contributed by atoms with Crippen LogP contribution in [-0.4, -0.2) is 24.0 Å². The number of hydrogen-bond donors (Lipinski definition) is 3. The fraction of sp³-hybridized carbons (Fsp3) is 0.0952. The molecule has 166 valence electrons. The van der Waals surface area contributed by atoms with E-state index in [-0.39, 0.29) is 17.3 Å². The van der Waals surface area contributed by atoms with Crippen molar-refractivity contribution in [3.05, 3.63) is 77.1 Å². The summed E-state index contributed by atoms with van der Waals surface area (Å²) in [6.45, 7) is 0. The van der Waals surface area contributed by atoms with Gasteiger partial charge in [0.15, 0.2) is 0 Å². The van der Waals surface area contributed by atoms with Gasteiger partial charge in [-0.05, 0) is 48.5 Å². The van der Waals surface area contributed by atoms with E-state index >= 15 is 0 Å². The minimum absolute atomic E-state index is 0.0659. The van der Waals surface area contributed by atoms with E-state index in [0.717, 1.165) is 12.1 Å². The molecule has 3 aromatic rings. The van der Waals surface area contributed by atoms with Crippen molar-refractivity contribution in [3.63, 3.8) is 0 Å². The molecule has 0 fully saturated rings. The van der Waals surface area contributed by atoms with Gasteiger partial charge in [0, 0.05) is 30.7 Å². The minimum Gasteiger partial charge on any atom is -0.457 e. The third kappa shape index (κ3) is 5.88. The van der Waals surface area contributed by atoms with E-state index in [0.29, 0.717) is 17.2 Å². The summed E-state index contributed by atoms with van der Waals surface area (Å²) in [5.74, 6) is 0.460. The summed E-state index contributed by atoms with van der Waals surface area (Å²) in [4.78, 5) is 27.7. The number of halogens is 4. The van der Waals surface area contributed by atoms with E-state index in [1.807, 2.05) is 0 Å². The average molecular weight is 467 g/mol. The molecule has 3 N–H and O–H groups in total. The maximum absolute atomic E-state index is 12.9. The molecule has 0 unspecified atom stereocenters. The van der Waals surface area contributed by atoms with Crippen LogP contribution in [-0.2, 0) is 6.18 Å². The highest BCUT2D eigenvalue weighted by Gasteiger charge is 2.33. The summed E-state index contributed by atoms with van der Waals surface area (Å²) >= 11 is 5.57. The molecular formula is C21H16ClF3N4O3. The van der Waals surface area contributed by atoms with Crippen molar-refractivity contribution < 1.29 is 27.5 Å². The lowest BCUT2D eigenvalue weighted by molar-refractivity contribution is -0.137. The number of aromatic nitrogens is 1. The summed E-state index contributed by atoms with van der Waals surface area (Å²) in [7, 11) is 1.49. The Bertz CT molecular complexity index is 1140. The zero-order valence-corrected chi connectivity index (χ0v) is 17.2. The Kier molecular flexibility index (Phi) is 6.84. The first kappa shape index (κ1) is 22.9. The van der Waals surface area contributed by atoms with Crippen LogP contribution >= 0.6 is 11.6 Å². The Hall–Kier alpha value is -3.79. The highest BCUT2D eigenvalue weighted by Crippen LogP contribution is 2.36. The van der Waals surface area contributed by atoms with Crippen LogP contribution in [0.15, 0.2) is 60.8 Å². The predicted octanol–water partition coefficient (Wildman–Crippen LogP) is 5.55. The topological polar surface area (TPSA) is 92.4 Å². The molecule has 11 heteroatoms. The maximum Gasteiger partial charge on any atom is 0.417 e. The Labute approximate surface area is 185 Å². The van der Waals surface area contributed by atoms with Crippen LogP contribution in [0, 0.1) is 0 Å². The summed E-state index contributed by atoms with van der Waals surface area (Å²) < 4.78 is 44.5. The van der Waals surface area contributed by atoms with Gasteiger partial charge in [0.2, 0.25) is 0 Å². The number of alkyl halides is 3. The van der Waals surface area contributed by atoms with Crippen molar-refractivity contribution in [2.24, 2.45) is 0 Å². The Morgan fingerprint density at radius 3 is 2.31 bits per heavy atom. The lowest BCUT2D eigenvalue weighted by atomic mass is 10.2. The van der Waals surface area contributed by atoms with Gasteiger partial charge in [0.25, 0.3) is 5.91 Å². The first-order valence-corrected chi connectivity index (χ1v) is 9.44. The van der Waals surface area contributed by atoms with Crippen molar-refractivity contribution in [2.75, 3.05) is 17.7 Å². The number of urea groups is 1. The zero-order chi connectivity index (χ0) is 23.3. The number of pyridine rings is 1. The highest BCUT2D eigenvalue weighted by atomic mass is 35.5. The van der Waals surface area contributed by atoms with Gasteiger partial charge < -0.3 is 20.7 Å². The quantitative estimate of drug-likeness (QED) is 0.459. The van der Waals surface area contributed by atoms with Crippen LogP contribution < -0.4 is 20.7 Å². The van der Waals surface area contributed by atoms with Crippen LogP contribution in [0.4, 0.5) is 29.3 Å². The second-order valence-electron chi connectivity index (χ2n) is 6.35. The Morgan fingerprint density at radius 2 is 1.66 bits per heavy atom. The lowest BCUT2D eigenvalue weighted by Crippen LogP contribution is -2.19. The lowest BCUT2D eigenvalue weighted by Gasteiger charge is -2.12. The molecule has 0 atom stereocenters. The van der Waals surface area contributed by atoms with Crippen molar-refractivity contribution in [1.82, 2.24) is 10.3 Å². The second kappa shape index (κ2) is 9.56. The number of nitrogens with zero attached hydrogens (tertiary/aromatic N) is 1. The summed E-state index contributed by atoms with van der Waals surface area (Å²) in [5.41, 5.74) is -0.547. The normalized spacial score (nSPS) is 10.9. The van der Waals surface area contributed by atoms with Gasteiger partial charge in [-0.2, -0.15) is 13.2 Å². The van der Waals surface area contributed by atoms with Crippen LogP contribution in [0.2, 0.25) is 5.02 Å². The molecule has 0 bridgehead atoms. The van der Waals surface area contributed by atoms with Crippen molar-refractivity contribution >= 4 is 34.9 Å². The Balaban J connectivity index is 1.62. The number of amides is 3. The summed E-state index contributed by atoms with van der Waals surface area (Å²) in [6.07, 6.45) is -3.21. The van der Waals surface area contributed by atoms with E-state index in [9.17, 15) is 22.8 Å². The van der Waals surface area contributed by atoms with Crippen LogP contribution in [0.1, 0.15) is 16.1 Å². The largest absolute Gasteiger partial charge is 0.457 e. The number of hydrogen-bond acceptors (Lipinski definition) is 4. The van der Waals surface area contributed by atoms with Gasteiger partial charge in [-0.3, -0.25) is 9.78 Å². The number of carbonyl (C=O) groups excluding carboxylic acids is 2. The average Bonchev–Trinajstić information content (AvgIpc) is 2.75.